The Morgan fingerprint density at radius 3 is 2.13 bits per heavy atom. The maximum absolute atomic E-state index is 11.5. The zero-order valence-electron chi connectivity index (χ0n) is 10.0. The molecule has 15 heavy (non-hydrogen) atoms. The lowest BCUT2D eigenvalue weighted by Gasteiger charge is -2.22. The van der Waals surface area contributed by atoms with Crippen molar-refractivity contribution in [3.05, 3.63) is 12.2 Å². The number of nitrogens with one attached hydrogen (secondary N) is 1. The number of ether oxygens (including phenoxy) is 1. The fraction of sp³-hybridized carbons (Fsp3) is 0.636. The van der Waals surface area contributed by atoms with Crippen LogP contribution in [0.5, 0.6) is 0 Å². The summed E-state index contributed by atoms with van der Waals surface area (Å²) in [4.78, 5) is 22.7. The Morgan fingerprint density at radius 2 is 1.80 bits per heavy atom. The molecular formula is C11H19NO3. The van der Waals surface area contributed by atoms with E-state index in [0.29, 0.717) is 5.57 Å². The highest BCUT2D eigenvalue weighted by atomic mass is 16.6. The molecule has 0 bridgehead atoms. The molecule has 0 saturated heterocycles. The molecule has 0 heterocycles. The summed E-state index contributed by atoms with van der Waals surface area (Å²) in [6.45, 7) is 12.0. The predicted octanol–water partition coefficient (Wildman–Crippen LogP) is 1.41. The van der Waals surface area contributed by atoms with E-state index in [4.69, 9.17) is 4.74 Å². The highest BCUT2D eigenvalue weighted by Crippen LogP contribution is 2.08. The van der Waals surface area contributed by atoms with E-state index in [-0.39, 0.29) is 5.91 Å². The first-order valence-electron chi connectivity index (χ1n) is 4.82. The molecule has 0 spiro atoms. The Bertz CT molecular complexity index is 276. The highest BCUT2D eigenvalue weighted by molar-refractivity contribution is 5.94. The van der Waals surface area contributed by atoms with Crippen molar-refractivity contribution in [1.29, 1.82) is 0 Å². The summed E-state index contributed by atoms with van der Waals surface area (Å²) in [6.07, 6.45) is 0. The molecule has 0 aliphatic carbocycles. The van der Waals surface area contributed by atoms with Gasteiger partial charge < -0.3 is 10.1 Å². The minimum atomic E-state index is -0.659. The number of amides is 1. The lowest BCUT2D eigenvalue weighted by atomic mass is 10.2. The molecule has 0 aliphatic rings. The fourth-order valence-electron chi connectivity index (χ4n) is 0.769. The van der Waals surface area contributed by atoms with Gasteiger partial charge in [0.05, 0.1) is 0 Å². The third-order valence-corrected chi connectivity index (χ3v) is 1.50. The molecule has 0 aliphatic heterocycles. The Morgan fingerprint density at radius 1 is 1.33 bits per heavy atom. The molecule has 4 nitrogen and oxygen atoms in total. The second-order valence-electron chi connectivity index (χ2n) is 4.51. The van der Waals surface area contributed by atoms with Crippen LogP contribution in [0.3, 0.4) is 0 Å². The summed E-state index contributed by atoms with van der Waals surface area (Å²) in [5.41, 5.74) is -0.176. The monoisotopic (exact) mass is 213 g/mol. The predicted molar refractivity (Wildman–Crippen MR) is 58.3 cm³/mol. The lowest BCUT2D eigenvalue weighted by Crippen LogP contribution is -2.42. The number of carbonyl (C=O) groups is 2. The minimum Gasteiger partial charge on any atom is -0.458 e. The van der Waals surface area contributed by atoms with Crippen LogP contribution in [-0.2, 0) is 14.3 Å². The van der Waals surface area contributed by atoms with Crippen molar-refractivity contribution in [3.8, 4) is 0 Å². The van der Waals surface area contributed by atoms with E-state index >= 15 is 0 Å². The number of hydrogen-bond donors (Lipinski definition) is 1. The molecule has 1 amide bonds. The summed E-state index contributed by atoms with van der Waals surface area (Å²) >= 11 is 0. The first-order chi connectivity index (χ1) is 6.63. The smallest absolute Gasteiger partial charge is 0.328 e. The van der Waals surface area contributed by atoms with Crippen molar-refractivity contribution in [2.45, 2.75) is 46.3 Å². The van der Waals surface area contributed by atoms with Crippen LogP contribution in [0.1, 0.15) is 34.6 Å². The summed E-state index contributed by atoms with van der Waals surface area (Å²) in [7, 11) is 0. The van der Waals surface area contributed by atoms with Gasteiger partial charge in [0.15, 0.2) is 0 Å². The first kappa shape index (κ1) is 13.7. The van der Waals surface area contributed by atoms with Gasteiger partial charge in [-0.25, -0.2) is 4.79 Å². The molecule has 0 saturated carbocycles. The quantitative estimate of drug-likeness (QED) is 0.569. The second kappa shape index (κ2) is 4.96. The zero-order chi connectivity index (χ0) is 12.2. The van der Waals surface area contributed by atoms with Gasteiger partial charge in [-0.15, -0.1) is 0 Å². The molecule has 1 atom stereocenters. The average Bonchev–Trinajstić information content (AvgIpc) is 2.00. The highest BCUT2D eigenvalue weighted by Gasteiger charge is 2.22. The molecule has 86 valence electrons. The molecule has 0 aromatic carbocycles. The van der Waals surface area contributed by atoms with Gasteiger partial charge in [-0.2, -0.15) is 0 Å². The second-order valence-corrected chi connectivity index (χ2v) is 4.51. The van der Waals surface area contributed by atoms with Crippen LogP contribution >= 0.6 is 0 Å². The topological polar surface area (TPSA) is 55.4 Å². The van der Waals surface area contributed by atoms with Crippen molar-refractivity contribution < 1.29 is 14.3 Å². The van der Waals surface area contributed by atoms with Gasteiger partial charge in [0.2, 0.25) is 5.91 Å². The van der Waals surface area contributed by atoms with Crippen LogP contribution in [0.2, 0.25) is 0 Å². The van der Waals surface area contributed by atoms with Crippen molar-refractivity contribution in [2.75, 3.05) is 0 Å². The summed E-state index contributed by atoms with van der Waals surface area (Å²) in [6, 6.07) is -0.659. The standard InChI is InChI=1S/C11H19NO3/c1-7(2)9(13)12-8(3)10(14)15-11(4,5)6/h8H,1H2,2-6H3,(H,12,13)/t8-/m0/s1. The van der Waals surface area contributed by atoms with E-state index in [2.05, 4.69) is 11.9 Å². The molecular weight excluding hydrogens is 194 g/mol. The number of hydrogen-bond acceptors (Lipinski definition) is 3. The van der Waals surface area contributed by atoms with Gasteiger partial charge in [-0.1, -0.05) is 6.58 Å². The third kappa shape index (κ3) is 5.88. The van der Waals surface area contributed by atoms with E-state index < -0.39 is 17.6 Å². The zero-order valence-corrected chi connectivity index (χ0v) is 10.0. The van der Waals surface area contributed by atoms with Gasteiger partial charge in [-0.3, -0.25) is 4.79 Å². The van der Waals surface area contributed by atoms with E-state index in [0.717, 1.165) is 0 Å². The minimum absolute atomic E-state index is 0.339. The summed E-state index contributed by atoms with van der Waals surface area (Å²) in [5, 5.41) is 2.49. The van der Waals surface area contributed by atoms with Crippen LogP contribution in [0, 0.1) is 0 Å². The van der Waals surface area contributed by atoms with Crippen LogP contribution < -0.4 is 5.32 Å². The Balaban J connectivity index is 4.23. The molecule has 0 unspecified atom stereocenters. The van der Waals surface area contributed by atoms with Crippen molar-refractivity contribution in [1.82, 2.24) is 5.32 Å². The van der Waals surface area contributed by atoms with E-state index in [9.17, 15) is 9.59 Å². The van der Waals surface area contributed by atoms with Crippen molar-refractivity contribution in [2.24, 2.45) is 0 Å². The largest absolute Gasteiger partial charge is 0.458 e. The normalized spacial score (nSPS) is 12.9. The van der Waals surface area contributed by atoms with E-state index in [1.807, 2.05) is 0 Å². The van der Waals surface area contributed by atoms with Gasteiger partial charge >= 0.3 is 5.97 Å². The molecule has 1 N–H and O–H groups in total. The molecule has 0 fully saturated rings. The molecule has 0 radical (unpaired) electrons. The van der Waals surface area contributed by atoms with E-state index in [1.165, 1.54) is 0 Å². The first-order valence-corrected chi connectivity index (χ1v) is 4.82. The number of esters is 1. The Kier molecular flexibility index (Phi) is 4.52. The van der Waals surface area contributed by atoms with E-state index in [1.54, 1.807) is 34.6 Å². The van der Waals surface area contributed by atoms with Crippen LogP contribution in [0.25, 0.3) is 0 Å². The molecule has 4 heteroatoms. The van der Waals surface area contributed by atoms with Crippen LogP contribution in [0.4, 0.5) is 0 Å². The molecule has 0 rings (SSSR count). The van der Waals surface area contributed by atoms with Gasteiger partial charge in [0.25, 0.3) is 0 Å². The van der Waals surface area contributed by atoms with Crippen molar-refractivity contribution in [3.63, 3.8) is 0 Å². The molecule has 0 aromatic heterocycles. The van der Waals surface area contributed by atoms with Gasteiger partial charge in [0, 0.05) is 5.57 Å². The number of rotatable bonds is 3. The van der Waals surface area contributed by atoms with Gasteiger partial charge in [-0.05, 0) is 34.6 Å². The maximum atomic E-state index is 11.5. The Hall–Kier alpha value is -1.32. The fourth-order valence-corrected chi connectivity index (χ4v) is 0.769. The molecule has 0 aromatic rings. The average molecular weight is 213 g/mol. The SMILES string of the molecule is C=C(C)C(=O)N[C@@H](C)C(=O)OC(C)(C)C. The van der Waals surface area contributed by atoms with Crippen molar-refractivity contribution >= 4 is 11.9 Å². The third-order valence-electron chi connectivity index (χ3n) is 1.50. The lowest BCUT2D eigenvalue weighted by molar-refractivity contribution is -0.157. The summed E-state index contributed by atoms with van der Waals surface area (Å²) in [5.74, 6) is -0.787. The summed E-state index contributed by atoms with van der Waals surface area (Å²) < 4.78 is 5.10. The Labute approximate surface area is 90.7 Å². The van der Waals surface area contributed by atoms with Gasteiger partial charge in [0.1, 0.15) is 11.6 Å². The van der Waals surface area contributed by atoms with Crippen LogP contribution in [0.15, 0.2) is 12.2 Å². The van der Waals surface area contributed by atoms with Crippen LogP contribution in [-0.4, -0.2) is 23.5 Å². The maximum Gasteiger partial charge on any atom is 0.328 e. The number of carbonyl (C=O) groups excluding carboxylic acids is 2.